The molecule has 1 aliphatic rings. The first-order valence-electron chi connectivity index (χ1n) is 7.50. The molecule has 0 saturated heterocycles. The van der Waals surface area contributed by atoms with Crippen molar-refractivity contribution in [2.75, 3.05) is 5.32 Å². The molecule has 0 spiro atoms. The van der Waals surface area contributed by atoms with Gasteiger partial charge < -0.3 is 9.88 Å². The van der Waals surface area contributed by atoms with E-state index in [9.17, 15) is 0 Å². The Labute approximate surface area is 124 Å². The summed E-state index contributed by atoms with van der Waals surface area (Å²) in [5.74, 6) is 1.06. The Hall–Kier alpha value is -2.29. The molecule has 3 nitrogen and oxygen atoms in total. The van der Waals surface area contributed by atoms with Crippen LogP contribution in [0.2, 0.25) is 0 Å². The molecule has 3 aromatic rings. The third-order valence-corrected chi connectivity index (χ3v) is 4.59. The van der Waals surface area contributed by atoms with E-state index in [1.165, 1.54) is 22.3 Å². The molecular formula is C18H19N3. The average molecular weight is 277 g/mol. The van der Waals surface area contributed by atoms with Crippen molar-refractivity contribution in [3.8, 4) is 0 Å². The van der Waals surface area contributed by atoms with Crippen molar-refractivity contribution in [1.82, 2.24) is 9.55 Å². The highest BCUT2D eigenvalue weighted by Gasteiger charge is 2.22. The van der Waals surface area contributed by atoms with Gasteiger partial charge in [0.25, 0.3) is 0 Å². The van der Waals surface area contributed by atoms with E-state index in [4.69, 9.17) is 4.98 Å². The van der Waals surface area contributed by atoms with Gasteiger partial charge in [-0.3, -0.25) is 0 Å². The summed E-state index contributed by atoms with van der Waals surface area (Å²) in [7, 11) is 2.08. The van der Waals surface area contributed by atoms with Gasteiger partial charge in [-0.1, -0.05) is 36.4 Å². The molecule has 2 heterocycles. The zero-order chi connectivity index (χ0) is 14.4. The summed E-state index contributed by atoms with van der Waals surface area (Å²) in [5.41, 5.74) is 6.26. The van der Waals surface area contributed by atoms with Crippen LogP contribution in [0.15, 0.2) is 42.5 Å². The lowest BCUT2D eigenvalue weighted by atomic mass is 9.93. The van der Waals surface area contributed by atoms with Crippen molar-refractivity contribution in [3.63, 3.8) is 0 Å². The lowest BCUT2D eigenvalue weighted by Crippen LogP contribution is -2.18. The topological polar surface area (TPSA) is 29.9 Å². The normalized spacial score (nSPS) is 17.5. The Morgan fingerprint density at radius 1 is 1.14 bits per heavy atom. The molecule has 0 fully saturated rings. The maximum absolute atomic E-state index is 4.75. The molecule has 0 amide bonds. The minimum atomic E-state index is 0.381. The molecule has 4 rings (SSSR count). The summed E-state index contributed by atoms with van der Waals surface area (Å²) in [5, 5.41) is 3.72. The fourth-order valence-corrected chi connectivity index (χ4v) is 3.27. The molecule has 106 valence electrons. The number of nitrogens with one attached hydrogen (secondary N) is 1. The summed E-state index contributed by atoms with van der Waals surface area (Å²) in [6.45, 7) is 2.06. The van der Waals surface area contributed by atoms with Crippen molar-refractivity contribution in [2.24, 2.45) is 7.05 Å². The Bertz CT molecular complexity index is 802. The Kier molecular flexibility index (Phi) is 2.74. The van der Waals surface area contributed by atoms with E-state index in [-0.39, 0.29) is 0 Å². The van der Waals surface area contributed by atoms with Crippen LogP contribution < -0.4 is 5.32 Å². The fraction of sp³-hybridized carbons (Fsp3) is 0.278. The smallest absolute Gasteiger partial charge is 0.112 e. The summed E-state index contributed by atoms with van der Waals surface area (Å²) in [6.07, 6.45) is 2.24. The highest BCUT2D eigenvalue weighted by atomic mass is 15.1. The molecule has 1 aliphatic heterocycles. The number of hydrogen-bond donors (Lipinski definition) is 1. The van der Waals surface area contributed by atoms with Gasteiger partial charge in [-0.25, -0.2) is 4.98 Å². The second kappa shape index (κ2) is 4.62. The van der Waals surface area contributed by atoms with E-state index >= 15 is 0 Å². The predicted octanol–water partition coefficient (Wildman–Crippen LogP) is 3.98. The van der Waals surface area contributed by atoms with E-state index in [0.717, 1.165) is 24.2 Å². The zero-order valence-electron chi connectivity index (χ0n) is 12.4. The largest absolute Gasteiger partial charge is 0.376 e. The first kappa shape index (κ1) is 12.5. The Morgan fingerprint density at radius 2 is 1.95 bits per heavy atom. The molecule has 0 unspecified atom stereocenters. The molecule has 0 aliphatic carbocycles. The minimum Gasteiger partial charge on any atom is -0.376 e. The third-order valence-electron chi connectivity index (χ3n) is 4.59. The number of aryl methyl sites for hydroxylation is 3. The number of aromatic nitrogens is 2. The number of fused-ring (bicyclic) bond motifs is 3. The molecule has 2 aromatic carbocycles. The molecule has 1 atom stereocenters. The van der Waals surface area contributed by atoms with Crippen LogP contribution in [0.25, 0.3) is 11.0 Å². The van der Waals surface area contributed by atoms with Crippen LogP contribution in [0.4, 0.5) is 5.69 Å². The average Bonchev–Trinajstić information content (AvgIpc) is 2.83. The van der Waals surface area contributed by atoms with Crippen molar-refractivity contribution >= 4 is 16.7 Å². The van der Waals surface area contributed by atoms with Crippen LogP contribution in [0.5, 0.6) is 0 Å². The Balaban J connectivity index is 1.82. The lowest BCUT2D eigenvalue weighted by Gasteiger charge is -2.27. The highest BCUT2D eigenvalue weighted by molar-refractivity contribution is 5.91. The first-order valence-corrected chi connectivity index (χ1v) is 7.50. The standard InChI is InChI=1S/C18H19N3/c1-12-19-18-16(21(12)2)11-9-14-8-10-15(20-17(14)18)13-6-4-3-5-7-13/h3-7,9,11,15,20H,8,10H2,1-2H3/t15-/m1/s1. The van der Waals surface area contributed by atoms with Gasteiger partial charge in [-0.05, 0) is 37.0 Å². The summed E-state index contributed by atoms with van der Waals surface area (Å²) >= 11 is 0. The molecule has 0 saturated carbocycles. The fourth-order valence-electron chi connectivity index (χ4n) is 3.27. The first-order chi connectivity index (χ1) is 10.2. The van der Waals surface area contributed by atoms with Gasteiger partial charge in [0.1, 0.15) is 11.3 Å². The zero-order valence-corrected chi connectivity index (χ0v) is 12.4. The second-order valence-corrected chi connectivity index (χ2v) is 5.83. The number of hydrogen-bond acceptors (Lipinski definition) is 2. The maximum atomic E-state index is 4.75. The van der Waals surface area contributed by atoms with Crippen LogP contribution in [0.3, 0.4) is 0 Å². The molecule has 3 heteroatoms. The summed E-state index contributed by atoms with van der Waals surface area (Å²) in [6, 6.07) is 15.5. The second-order valence-electron chi connectivity index (χ2n) is 5.83. The van der Waals surface area contributed by atoms with E-state index in [1.807, 2.05) is 0 Å². The van der Waals surface area contributed by atoms with Gasteiger partial charge >= 0.3 is 0 Å². The van der Waals surface area contributed by atoms with Crippen molar-refractivity contribution in [2.45, 2.75) is 25.8 Å². The third kappa shape index (κ3) is 1.92. The highest BCUT2D eigenvalue weighted by Crippen LogP contribution is 2.37. The van der Waals surface area contributed by atoms with Gasteiger partial charge in [0.15, 0.2) is 0 Å². The Morgan fingerprint density at radius 3 is 2.76 bits per heavy atom. The monoisotopic (exact) mass is 277 g/mol. The molecule has 1 aromatic heterocycles. The van der Waals surface area contributed by atoms with Crippen LogP contribution >= 0.6 is 0 Å². The van der Waals surface area contributed by atoms with Crippen molar-refractivity contribution in [3.05, 3.63) is 59.4 Å². The van der Waals surface area contributed by atoms with E-state index < -0.39 is 0 Å². The van der Waals surface area contributed by atoms with E-state index in [2.05, 4.69) is 66.3 Å². The van der Waals surface area contributed by atoms with Crippen LogP contribution in [0.1, 0.15) is 29.4 Å². The number of benzene rings is 2. The molecule has 1 N–H and O–H groups in total. The number of rotatable bonds is 1. The summed E-state index contributed by atoms with van der Waals surface area (Å²) < 4.78 is 2.16. The summed E-state index contributed by atoms with van der Waals surface area (Å²) in [4.78, 5) is 4.75. The van der Waals surface area contributed by atoms with Crippen LogP contribution in [-0.4, -0.2) is 9.55 Å². The van der Waals surface area contributed by atoms with Crippen molar-refractivity contribution < 1.29 is 0 Å². The molecule has 21 heavy (non-hydrogen) atoms. The predicted molar refractivity (Wildman–Crippen MR) is 86.6 cm³/mol. The SMILES string of the molecule is Cc1nc2c3c(ccc2n1C)CC[C@H](c1ccccc1)N3. The minimum absolute atomic E-state index is 0.381. The van der Waals surface area contributed by atoms with Gasteiger partial charge in [0.2, 0.25) is 0 Å². The molecule has 0 radical (unpaired) electrons. The number of nitrogens with zero attached hydrogens (tertiary/aromatic N) is 2. The van der Waals surface area contributed by atoms with Crippen LogP contribution in [0, 0.1) is 6.92 Å². The number of anilines is 1. The lowest BCUT2D eigenvalue weighted by molar-refractivity contribution is 0.669. The van der Waals surface area contributed by atoms with Crippen molar-refractivity contribution in [1.29, 1.82) is 0 Å². The molecular weight excluding hydrogens is 258 g/mol. The van der Waals surface area contributed by atoms with Crippen LogP contribution in [-0.2, 0) is 13.5 Å². The molecule has 0 bridgehead atoms. The van der Waals surface area contributed by atoms with Gasteiger partial charge in [-0.15, -0.1) is 0 Å². The maximum Gasteiger partial charge on any atom is 0.112 e. The van der Waals surface area contributed by atoms with E-state index in [1.54, 1.807) is 0 Å². The number of imidazole rings is 1. The van der Waals surface area contributed by atoms with Gasteiger partial charge in [0, 0.05) is 7.05 Å². The quantitative estimate of drug-likeness (QED) is 0.729. The van der Waals surface area contributed by atoms with Gasteiger partial charge in [-0.2, -0.15) is 0 Å². The van der Waals surface area contributed by atoms with Gasteiger partial charge in [0.05, 0.1) is 17.2 Å². The van der Waals surface area contributed by atoms with E-state index in [0.29, 0.717) is 6.04 Å².